The highest BCUT2D eigenvalue weighted by Crippen LogP contribution is 2.19. The van der Waals surface area contributed by atoms with E-state index in [9.17, 15) is 0 Å². The van der Waals surface area contributed by atoms with Crippen molar-refractivity contribution in [3.63, 3.8) is 0 Å². The van der Waals surface area contributed by atoms with E-state index in [0.29, 0.717) is 0 Å². The van der Waals surface area contributed by atoms with Gasteiger partial charge in [0.15, 0.2) is 5.82 Å². The number of nitrogens with zero attached hydrogens (tertiary/aromatic N) is 5. The molecule has 1 aliphatic heterocycles. The van der Waals surface area contributed by atoms with E-state index in [1.807, 2.05) is 23.0 Å². The van der Waals surface area contributed by atoms with Crippen molar-refractivity contribution in [2.75, 3.05) is 19.6 Å². The van der Waals surface area contributed by atoms with Crippen LogP contribution in [0, 0.1) is 0 Å². The largest absolute Gasteiger partial charge is 0.330 e. The van der Waals surface area contributed by atoms with Gasteiger partial charge in [0.2, 0.25) is 0 Å². The van der Waals surface area contributed by atoms with Crippen LogP contribution >= 0.6 is 0 Å². The molecule has 0 saturated carbocycles. The SMILES string of the molecule is c1cc(-c2nccn2CCCCN2CCCC2)n2nccc2c1. The summed E-state index contributed by atoms with van der Waals surface area (Å²) in [6.45, 7) is 4.83. The van der Waals surface area contributed by atoms with Gasteiger partial charge in [-0.25, -0.2) is 9.50 Å². The van der Waals surface area contributed by atoms with Crippen LogP contribution in [0.15, 0.2) is 42.9 Å². The summed E-state index contributed by atoms with van der Waals surface area (Å²) in [4.78, 5) is 7.15. The Morgan fingerprint density at radius 2 is 1.83 bits per heavy atom. The van der Waals surface area contributed by atoms with Crippen molar-refractivity contribution in [1.82, 2.24) is 24.1 Å². The molecule has 0 bridgehead atoms. The lowest BCUT2D eigenvalue weighted by Gasteiger charge is -2.14. The molecule has 1 fully saturated rings. The summed E-state index contributed by atoms with van der Waals surface area (Å²) in [5.74, 6) is 1.00. The van der Waals surface area contributed by atoms with Gasteiger partial charge in [-0.1, -0.05) is 6.07 Å². The van der Waals surface area contributed by atoms with Crippen LogP contribution in [-0.2, 0) is 6.54 Å². The number of unbranched alkanes of at least 4 members (excludes halogenated alkanes) is 1. The third kappa shape index (κ3) is 3.01. The predicted molar refractivity (Wildman–Crippen MR) is 91.3 cm³/mol. The molecule has 0 aromatic carbocycles. The quantitative estimate of drug-likeness (QED) is 0.657. The minimum absolute atomic E-state index is 1.00. The van der Waals surface area contributed by atoms with Gasteiger partial charge >= 0.3 is 0 Å². The van der Waals surface area contributed by atoms with E-state index in [-0.39, 0.29) is 0 Å². The number of aryl methyl sites for hydroxylation is 1. The van der Waals surface area contributed by atoms with E-state index in [2.05, 4.69) is 43.9 Å². The van der Waals surface area contributed by atoms with Crippen molar-refractivity contribution in [1.29, 1.82) is 0 Å². The van der Waals surface area contributed by atoms with Crippen LogP contribution in [0.4, 0.5) is 0 Å². The minimum Gasteiger partial charge on any atom is -0.330 e. The molecule has 0 radical (unpaired) electrons. The van der Waals surface area contributed by atoms with Crippen LogP contribution in [0.5, 0.6) is 0 Å². The maximum absolute atomic E-state index is 4.56. The van der Waals surface area contributed by atoms with Gasteiger partial charge in [0, 0.05) is 18.9 Å². The second kappa shape index (κ2) is 6.54. The number of fused-ring (bicyclic) bond motifs is 1. The Hall–Kier alpha value is -2.14. The maximum Gasteiger partial charge on any atom is 0.158 e. The molecule has 3 aromatic heterocycles. The standard InChI is InChI=1S/C18H23N5/c1-2-12-21(11-1)13-3-4-14-22-15-10-19-18(22)17-7-5-6-16-8-9-20-23(16)17/h5-10,15H,1-4,11-14H2. The van der Waals surface area contributed by atoms with E-state index in [1.165, 1.54) is 45.3 Å². The van der Waals surface area contributed by atoms with Crippen LogP contribution in [0.1, 0.15) is 25.7 Å². The molecular weight excluding hydrogens is 286 g/mol. The molecule has 0 N–H and O–H groups in total. The molecule has 0 amide bonds. The third-order valence-corrected chi connectivity index (χ3v) is 4.69. The van der Waals surface area contributed by atoms with Crippen molar-refractivity contribution in [3.05, 3.63) is 42.9 Å². The molecule has 0 spiro atoms. The molecule has 0 atom stereocenters. The van der Waals surface area contributed by atoms with Gasteiger partial charge in [0.25, 0.3) is 0 Å². The fraction of sp³-hybridized carbons (Fsp3) is 0.444. The molecule has 3 aromatic rings. The zero-order chi connectivity index (χ0) is 15.5. The Morgan fingerprint density at radius 1 is 0.957 bits per heavy atom. The first-order valence-electron chi connectivity index (χ1n) is 8.58. The number of rotatable bonds is 6. The summed E-state index contributed by atoms with van der Waals surface area (Å²) in [6.07, 6.45) is 11.0. The number of pyridine rings is 1. The predicted octanol–water partition coefficient (Wildman–Crippen LogP) is 3.07. The highest BCUT2D eigenvalue weighted by molar-refractivity contribution is 5.58. The van der Waals surface area contributed by atoms with Crippen LogP contribution in [0.2, 0.25) is 0 Å². The van der Waals surface area contributed by atoms with Gasteiger partial charge < -0.3 is 9.47 Å². The summed E-state index contributed by atoms with van der Waals surface area (Å²) in [7, 11) is 0. The molecule has 120 valence electrons. The highest BCUT2D eigenvalue weighted by atomic mass is 15.2. The molecule has 5 heteroatoms. The molecule has 0 unspecified atom stereocenters. The fourth-order valence-electron chi connectivity index (χ4n) is 3.47. The molecule has 4 rings (SSSR count). The number of likely N-dealkylation sites (tertiary alicyclic amines) is 1. The van der Waals surface area contributed by atoms with Crippen molar-refractivity contribution < 1.29 is 0 Å². The second-order valence-corrected chi connectivity index (χ2v) is 6.28. The van der Waals surface area contributed by atoms with Gasteiger partial charge in [-0.15, -0.1) is 0 Å². The van der Waals surface area contributed by atoms with Crippen molar-refractivity contribution in [2.24, 2.45) is 0 Å². The first-order chi connectivity index (χ1) is 11.4. The van der Waals surface area contributed by atoms with E-state index in [4.69, 9.17) is 0 Å². The third-order valence-electron chi connectivity index (χ3n) is 4.69. The van der Waals surface area contributed by atoms with Crippen molar-refractivity contribution in [2.45, 2.75) is 32.2 Å². The Balaban J connectivity index is 1.44. The lowest BCUT2D eigenvalue weighted by molar-refractivity contribution is 0.326. The lowest BCUT2D eigenvalue weighted by atomic mass is 10.2. The van der Waals surface area contributed by atoms with E-state index in [0.717, 1.165) is 23.6 Å². The Labute approximate surface area is 136 Å². The molecular formula is C18H23N5. The summed E-state index contributed by atoms with van der Waals surface area (Å²) >= 11 is 0. The van der Waals surface area contributed by atoms with Crippen LogP contribution in [0.25, 0.3) is 17.0 Å². The molecule has 1 saturated heterocycles. The summed E-state index contributed by atoms with van der Waals surface area (Å²) in [5.41, 5.74) is 2.16. The summed E-state index contributed by atoms with van der Waals surface area (Å²) in [6, 6.07) is 8.24. The monoisotopic (exact) mass is 309 g/mol. The van der Waals surface area contributed by atoms with E-state index >= 15 is 0 Å². The molecule has 1 aliphatic rings. The van der Waals surface area contributed by atoms with Crippen LogP contribution < -0.4 is 0 Å². The summed E-state index contributed by atoms with van der Waals surface area (Å²) in [5, 5.41) is 4.42. The van der Waals surface area contributed by atoms with Crippen molar-refractivity contribution >= 4 is 5.52 Å². The number of hydrogen-bond donors (Lipinski definition) is 0. The number of aromatic nitrogens is 4. The number of imidazole rings is 1. The van der Waals surface area contributed by atoms with Crippen molar-refractivity contribution in [3.8, 4) is 11.5 Å². The smallest absolute Gasteiger partial charge is 0.158 e. The average molecular weight is 309 g/mol. The first kappa shape index (κ1) is 14.5. The van der Waals surface area contributed by atoms with Crippen LogP contribution in [0.3, 0.4) is 0 Å². The minimum atomic E-state index is 1.00. The van der Waals surface area contributed by atoms with Crippen LogP contribution in [-0.4, -0.2) is 43.7 Å². The zero-order valence-corrected chi connectivity index (χ0v) is 13.4. The number of hydrogen-bond acceptors (Lipinski definition) is 3. The Morgan fingerprint density at radius 3 is 2.74 bits per heavy atom. The Kier molecular flexibility index (Phi) is 4.11. The highest BCUT2D eigenvalue weighted by Gasteiger charge is 2.12. The molecule has 0 aliphatic carbocycles. The fourth-order valence-corrected chi connectivity index (χ4v) is 3.47. The van der Waals surface area contributed by atoms with E-state index < -0.39 is 0 Å². The lowest BCUT2D eigenvalue weighted by Crippen LogP contribution is -2.20. The first-order valence-corrected chi connectivity index (χ1v) is 8.58. The Bertz CT molecular complexity index is 766. The topological polar surface area (TPSA) is 38.4 Å². The van der Waals surface area contributed by atoms with Gasteiger partial charge in [-0.3, -0.25) is 0 Å². The maximum atomic E-state index is 4.56. The van der Waals surface area contributed by atoms with Gasteiger partial charge in [0.05, 0.1) is 11.7 Å². The molecule has 4 heterocycles. The molecule has 5 nitrogen and oxygen atoms in total. The summed E-state index contributed by atoms with van der Waals surface area (Å²) < 4.78 is 4.21. The average Bonchev–Trinajstić information content (AvgIpc) is 3.31. The molecule has 23 heavy (non-hydrogen) atoms. The van der Waals surface area contributed by atoms with Gasteiger partial charge in [0.1, 0.15) is 5.69 Å². The second-order valence-electron chi connectivity index (χ2n) is 6.28. The zero-order valence-electron chi connectivity index (χ0n) is 13.4. The van der Waals surface area contributed by atoms with Gasteiger partial charge in [-0.2, -0.15) is 5.10 Å². The normalized spacial score (nSPS) is 15.7. The van der Waals surface area contributed by atoms with E-state index in [1.54, 1.807) is 0 Å². The van der Waals surface area contributed by atoms with Gasteiger partial charge in [-0.05, 0) is 63.5 Å².